The van der Waals surface area contributed by atoms with Gasteiger partial charge >= 0.3 is 6.18 Å². The first-order valence-electron chi connectivity index (χ1n) is 4.21. The van der Waals surface area contributed by atoms with Gasteiger partial charge in [-0.2, -0.15) is 13.2 Å². The van der Waals surface area contributed by atoms with Crippen LogP contribution in [0.4, 0.5) is 13.2 Å². The number of rotatable bonds is 1. The fourth-order valence-electron chi connectivity index (χ4n) is 1.26. The van der Waals surface area contributed by atoms with Crippen LogP contribution in [0.1, 0.15) is 5.56 Å². The molecular formula is C9H5F3N2O2. The summed E-state index contributed by atoms with van der Waals surface area (Å²) in [6.45, 7) is 0. The molecule has 0 radical (unpaired) electrons. The summed E-state index contributed by atoms with van der Waals surface area (Å²) in [5.41, 5.74) is -1.13. The van der Waals surface area contributed by atoms with Crippen molar-refractivity contribution in [2.24, 2.45) is 0 Å². The van der Waals surface area contributed by atoms with Crippen LogP contribution in [0.5, 0.6) is 5.95 Å². The predicted molar refractivity (Wildman–Crippen MR) is 42.5 cm³/mol. The molecule has 1 heterocycles. The summed E-state index contributed by atoms with van der Waals surface area (Å²) in [5.74, 6) is -0.808. The molecule has 0 spiro atoms. The number of nitrogens with zero attached hydrogens (tertiary/aromatic N) is 2. The van der Waals surface area contributed by atoms with Gasteiger partial charge < -0.3 is 9.63 Å². The van der Waals surface area contributed by atoms with E-state index in [1.165, 1.54) is 18.2 Å². The van der Waals surface area contributed by atoms with Crippen LogP contribution >= 0.6 is 0 Å². The van der Waals surface area contributed by atoms with Gasteiger partial charge in [-0.05, 0) is 10.7 Å². The lowest BCUT2D eigenvalue weighted by Crippen LogP contribution is -2.34. The molecule has 0 atom stereocenters. The molecule has 84 valence electrons. The number of halogens is 3. The number of hydrogen-bond acceptors (Lipinski definition) is 3. The SMILES string of the molecule is [O-]c1c[n+](-c2ccccc2C(F)(F)F)no1. The van der Waals surface area contributed by atoms with E-state index in [-0.39, 0.29) is 5.69 Å². The quantitative estimate of drug-likeness (QED) is 0.688. The molecule has 0 aliphatic carbocycles. The van der Waals surface area contributed by atoms with Gasteiger partial charge in [0.1, 0.15) is 11.5 Å². The van der Waals surface area contributed by atoms with E-state index >= 15 is 0 Å². The first-order valence-corrected chi connectivity index (χ1v) is 4.21. The van der Waals surface area contributed by atoms with Gasteiger partial charge in [-0.3, -0.25) is 0 Å². The van der Waals surface area contributed by atoms with Gasteiger partial charge in [-0.15, -0.1) is 0 Å². The van der Waals surface area contributed by atoms with Crippen molar-refractivity contribution < 1.29 is 27.5 Å². The van der Waals surface area contributed by atoms with Crippen LogP contribution in [0.3, 0.4) is 0 Å². The molecule has 16 heavy (non-hydrogen) atoms. The van der Waals surface area contributed by atoms with Gasteiger partial charge in [0.2, 0.25) is 6.20 Å². The van der Waals surface area contributed by atoms with E-state index in [1.807, 2.05) is 0 Å². The van der Waals surface area contributed by atoms with Crippen LogP contribution in [-0.4, -0.2) is 5.27 Å². The minimum absolute atomic E-state index is 0.249. The summed E-state index contributed by atoms with van der Waals surface area (Å²) >= 11 is 0. The normalized spacial score (nSPS) is 11.7. The van der Waals surface area contributed by atoms with E-state index in [0.29, 0.717) is 0 Å². The summed E-state index contributed by atoms with van der Waals surface area (Å²) in [6.07, 6.45) is -3.67. The third kappa shape index (κ3) is 1.83. The Kier molecular flexibility index (Phi) is 2.30. The summed E-state index contributed by atoms with van der Waals surface area (Å²) in [4.78, 5) is 0. The zero-order valence-corrected chi connectivity index (χ0v) is 7.73. The number of aromatic nitrogens is 2. The van der Waals surface area contributed by atoms with Crippen molar-refractivity contribution >= 4 is 0 Å². The Morgan fingerprint density at radius 2 is 1.94 bits per heavy atom. The van der Waals surface area contributed by atoms with Gasteiger partial charge in [-0.25, -0.2) is 0 Å². The number of hydrogen-bond donors (Lipinski definition) is 0. The van der Waals surface area contributed by atoms with Crippen molar-refractivity contribution in [2.75, 3.05) is 0 Å². The molecule has 7 heteroatoms. The van der Waals surface area contributed by atoms with Gasteiger partial charge in [0.05, 0.1) is 5.27 Å². The number of alkyl halides is 3. The lowest BCUT2D eigenvalue weighted by atomic mass is 10.2. The lowest BCUT2D eigenvalue weighted by Gasteiger charge is -2.05. The van der Waals surface area contributed by atoms with Crippen molar-refractivity contribution in [3.63, 3.8) is 0 Å². The maximum absolute atomic E-state index is 12.6. The zero-order valence-electron chi connectivity index (χ0n) is 7.73. The highest BCUT2D eigenvalue weighted by Gasteiger charge is 2.37. The molecule has 1 aromatic heterocycles. The van der Waals surface area contributed by atoms with E-state index in [0.717, 1.165) is 16.9 Å². The van der Waals surface area contributed by atoms with Crippen LogP contribution in [-0.2, 0) is 6.18 Å². The van der Waals surface area contributed by atoms with Gasteiger partial charge in [0.15, 0.2) is 0 Å². The minimum atomic E-state index is -4.51. The van der Waals surface area contributed by atoms with E-state index in [2.05, 4.69) is 9.79 Å². The lowest BCUT2D eigenvalue weighted by molar-refractivity contribution is -0.671. The van der Waals surface area contributed by atoms with Crippen molar-refractivity contribution in [2.45, 2.75) is 6.18 Å². The van der Waals surface area contributed by atoms with Crippen LogP contribution in [0, 0.1) is 0 Å². The predicted octanol–water partition coefficient (Wildman–Crippen LogP) is 1.04. The average molecular weight is 230 g/mol. The number of benzene rings is 1. The van der Waals surface area contributed by atoms with Gasteiger partial charge in [-0.1, -0.05) is 12.1 Å². The maximum atomic E-state index is 12.6. The van der Waals surface area contributed by atoms with Crippen molar-refractivity contribution in [3.05, 3.63) is 36.0 Å². The molecule has 0 fully saturated rings. The molecule has 2 aromatic rings. The molecule has 0 unspecified atom stereocenters. The minimum Gasteiger partial charge on any atom is -0.539 e. The fourth-order valence-corrected chi connectivity index (χ4v) is 1.26. The highest BCUT2D eigenvalue weighted by molar-refractivity contribution is 5.35. The van der Waals surface area contributed by atoms with Crippen LogP contribution in [0.15, 0.2) is 35.0 Å². The van der Waals surface area contributed by atoms with E-state index < -0.39 is 17.7 Å². The first-order chi connectivity index (χ1) is 7.48. The third-order valence-electron chi connectivity index (χ3n) is 1.90. The summed E-state index contributed by atoms with van der Waals surface area (Å²) < 4.78 is 42.7. The molecule has 1 aromatic carbocycles. The summed E-state index contributed by atoms with van der Waals surface area (Å²) in [6, 6.07) is 4.77. The largest absolute Gasteiger partial charge is 0.539 e. The van der Waals surface area contributed by atoms with Crippen LogP contribution in [0.2, 0.25) is 0 Å². The molecule has 0 amide bonds. The van der Waals surface area contributed by atoms with E-state index in [9.17, 15) is 18.3 Å². The molecule has 0 N–H and O–H groups in total. The van der Waals surface area contributed by atoms with Crippen molar-refractivity contribution in [1.29, 1.82) is 0 Å². The summed E-state index contributed by atoms with van der Waals surface area (Å²) in [7, 11) is 0. The molecular weight excluding hydrogens is 225 g/mol. The Morgan fingerprint density at radius 1 is 1.25 bits per heavy atom. The molecule has 0 aliphatic rings. The Hall–Kier alpha value is -2.05. The van der Waals surface area contributed by atoms with Crippen molar-refractivity contribution in [1.82, 2.24) is 5.27 Å². The monoisotopic (exact) mass is 230 g/mol. The average Bonchev–Trinajstić information content (AvgIpc) is 2.64. The van der Waals surface area contributed by atoms with Gasteiger partial charge in [0.25, 0.3) is 5.69 Å². The molecule has 0 aliphatic heterocycles. The molecule has 2 rings (SSSR count). The zero-order chi connectivity index (χ0) is 11.8. The van der Waals surface area contributed by atoms with Gasteiger partial charge in [0, 0.05) is 6.07 Å². The van der Waals surface area contributed by atoms with E-state index in [4.69, 9.17) is 0 Å². The first kappa shape index (κ1) is 10.5. The molecule has 0 saturated carbocycles. The standard InChI is InChI=1S/C9H5F3N2O2/c10-9(11,12)6-3-1-2-4-7(6)14-5-8(15)16-13-14/h1-5H. The second kappa shape index (κ2) is 3.51. The topological polar surface area (TPSA) is 53.0 Å². The Labute approximate surface area is 87.5 Å². The third-order valence-corrected chi connectivity index (χ3v) is 1.90. The van der Waals surface area contributed by atoms with E-state index in [1.54, 1.807) is 0 Å². The molecule has 0 bridgehead atoms. The van der Waals surface area contributed by atoms with Crippen LogP contribution in [0.25, 0.3) is 5.69 Å². The Morgan fingerprint density at radius 3 is 2.50 bits per heavy atom. The fraction of sp³-hybridized carbons (Fsp3) is 0.111. The van der Waals surface area contributed by atoms with Crippen molar-refractivity contribution in [3.8, 4) is 11.6 Å². The second-order valence-corrected chi connectivity index (χ2v) is 2.98. The second-order valence-electron chi connectivity index (χ2n) is 2.98. The maximum Gasteiger partial charge on any atom is 0.422 e. The molecule has 4 nitrogen and oxygen atoms in total. The van der Waals surface area contributed by atoms with Crippen LogP contribution < -0.4 is 9.79 Å². The number of para-hydroxylation sites is 1. The molecule has 0 saturated heterocycles. The smallest absolute Gasteiger partial charge is 0.422 e. The summed E-state index contributed by atoms with van der Waals surface area (Å²) in [5, 5.41) is 13.9. The Balaban J connectivity index is 2.57. The highest BCUT2D eigenvalue weighted by atomic mass is 19.4. The highest BCUT2D eigenvalue weighted by Crippen LogP contribution is 2.31. The Bertz CT molecular complexity index is 507.